The molecule has 0 aliphatic heterocycles. The largest absolute Gasteiger partial charge is 0.242 e. The van der Waals surface area contributed by atoms with Crippen molar-refractivity contribution >= 4 is 53.2 Å². The van der Waals surface area contributed by atoms with Crippen LogP contribution in [-0.4, -0.2) is 8.42 Å². The lowest BCUT2D eigenvalue weighted by Crippen LogP contribution is -2.23. The molecule has 3 nitrogen and oxygen atoms in total. The van der Waals surface area contributed by atoms with Gasteiger partial charge in [-0.2, -0.15) is 11.3 Å². The fourth-order valence-electron chi connectivity index (χ4n) is 1.48. The summed E-state index contributed by atoms with van der Waals surface area (Å²) in [5.74, 6) is 0. The molecule has 1 heterocycles. The maximum Gasteiger partial charge on any atom is 0.242 e. The first-order valence-corrected chi connectivity index (χ1v) is 9.38. The molecule has 2 aromatic rings. The number of thiophene rings is 1. The minimum atomic E-state index is -3.53. The Morgan fingerprint density at radius 2 is 2.00 bits per heavy atom. The van der Waals surface area contributed by atoms with Crippen molar-refractivity contribution in [1.29, 1.82) is 0 Å². The Morgan fingerprint density at radius 1 is 1.26 bits per heavy atom. The molecule has 0 saturated heterocycles. The highest BCUT2D eigenvalue weighted by atomic mass is 79.9. The summed E-state index contributed by atoms with van der Waals surface area (Å²) in [6, 6.07) is 5.28. The van der Waals surface area contributed by atoms with Crippen LogP contribution in [0.5, 0.6) is 0 Å². The molecule has 0 aliphatic carbocycles. The van der Waals surface area contributed by atoms with E-state index in [1.54, 1.807) is 23.5 Å². The monoisotopic (exact) mass is 423 g/mol. The number of aryl methyl sites for hydroxylation is 1. The molecule has 102 valence electrons. The molecule has 0 bridgehead atoms. The smallest absolute Gasteiger partial charge is 0.207 e. The lowest BCUT2D eigenvalue weighted by molar-refractivity contribution is 0.581. The highest BCUT2D eigenvalue weighted by Gasteiger charge is 2.18. The number of hydrogen-bond acceptors (Lipinski definition) is 3. The Labute approximate surface area is 133 Å². The topological polar surface area (TPSA) is 46.2 Å². The van der Waals surface area contributed by atoms with E-state index in [9.17, 15) is 8.42 Å². The van der Waals surface area contributed by atoms with Crippen LogP contribution in [0.2, 0.25) is 0 Å². The van der Waals surface area contributed by atoms with E-state index in [0.29, 0.717) is 11.0 Å². The zero-order chi connectivity index (χ0) is 14.0. The minimum absolute atomic E-state index is 0.236. The van der Waals surface area contributed by atoms with E-state index < -0.39 is 10.0 Å². The predicted molar refractivity (Wildman–Crippen MR) is 84.9 cm³/mol. The third-order valence-corrected chi connectivity index (χ3v) is 6.50. The standard InChI is InChI=1S/C12H11Br2NO2S2/c1-8-4-11(14)12(5-10(8)13)19(16,17)15-6-9-2-3-18-7-9/h2-5,7,15H,6H2,1H3. The lowest BCUT2D eigenvalue weighted by Gasteiger charge is -2.10. The first-order chi connectivity index (χ1) is 8.90. The number of nitrogens with one attached hydrogen (secondary N) is 1. The van der Waals surface area contributed by atoms with Crippen molar-refractivity contribution in [3.05, 3.63) is 49.0 Å². The average Bonchev–Trinajstić information content (AvgIpc) is 2.84. The Balaban J connectivity index is 2.27. The number of halogens is 2. The second kappa shape index (κ2) is 6.05. The molecule has 1 N–H and O–H groups in total. The molecule has 0 fully saturated rings. The molecule has 0 unspecified atom stereocenters. The van der Waals surface area contributed by atoms with Crippen LogP contribution >= 0.6 is 43.2 Å². The van der Waals surface area contributed by atoms with Gasteiger partial charge in [-0.15, -0.1) is 0 Å². The van der Waals surface area contributed by atoms with E-state index in [0.717, 1.165) is 15.6 Å². The van der Waals surface area contributed by atoms with E-state index in [4.69, 9.17) is 0 Å². The van der Waals surface area contributed by atoms with E-state index in [1.165, 1.54) is 0 Å². The SMILES string of the molecule is Cc1cc(Br)c(S(=O)(=O)NCc2ccsc2)cc1Br. The highest BCUT2D eigenvalue weighted by Crippen LogP contribution is 2.28. The van der Waals surface area contributed by atoms with Gasteiger partial charge >= 0.3 is 0 Å². The van der Waals surface area contributed by atoms with Crippen LogP contribution < -0.4 is 4.72 Å². The van der Waals surface area contributed by atoms with Gasteiger partial charge < -0.3 is 0 Å². The molecule has 0 amide bonds. The van der Waals surface area contributed by atoms with E-state index in [2.05, 4.69) is 36.6 Å². The Hall–Kier alpha value is -0.210. The van der Waals surface area contributed by atoms with Crippen LogP contribution in [0.4, 0.5) is 0 Å². The van der Waals surface area contributed by atoms with Crippen molar-refractivity contribution in [2.45, 2.75) is 18.4 Å². The van der Waals surface area contributed by atoms with Gasteiger partial charge in [0.15, 0.2) is 0 Å². The van der Waals surface area contributed by atoms with Crippen molar-refractivity contribution in [2.24, 2.45) is 0 Å². The van der Waals surface area contributed by atoms with Crippen LogP contribution in [0.25, 0.3) is 0 Å². The maximum atomic E-state index is 12.3. The van der Waals surface area contributed by atoms with Gasteiger partial charge in [0.2, 0.25) is 10.0 Å². The summed E-state index contributed by atoms with van der Waals surface area (Å²) in [5.41, 5.74) is 1.93. The molecule has 1 aromatic heterocycles. The van der Waals surface area contributed by atoms with Gasteiger partial charge in [0.25, 0.3) is 0 Å². The van der Waals surface area contributed by atoms with Crippen LogP contribution in [-0.2, 0) is 16.6 Å². The molecule has 1 aromatic carbocycles. The molecule has 7 heteroatoms. The molecule has 2 rings (SSSR count). The average molecular weight is 425 g/mol. The summed E-state index contributed by atoms with van der Waals surface area (Å²) in [5, 5.41) is 3.84. The fraction of sp³-hybridized carbons (Fsp3) is 0.167. The number of rotatable bonds is 4. The van der Waals surface area contributed by atoms with Crippen LogP contribution in [0.1, 0.15) is 11.1 Å². The van der Waals surface area contributed by atoms with Gasteiger partial charge in [-0.1, -0.05) is 15.9 Å². The van der Waals surface area contributed by atoms with Gasteiger partial charge in [0, 0.05) is 15.5 Å². The molecule has 0 atom stereocenters. The molecule has 19 heavy (non-hydrogen) atoms. The normalized spacial score (nSPS) is 11.7. The van der Waals surface area contributed by atoms with Crippen molar-refractivity contribution in [2.75, 3.05) is 0 Å². The van der Waals surface area contributed by atoms with Crippen molar-refractivity contribution < 1.29 is 8.42 Å². The molecular weight excluding hydrogens is 414 g/mol. The lowest BCUT2D eigenvalue weighted by atomic mass is 10.2. The Bertz CT molecular complexity index is 682. The quantitative estimate of drug-likeness (QED) is 0.804. The van der Waals surface area contributed by atoms with Crippen LogP contribution in [0.15, 0.2) is 42.8 Å². The van der Waals surface area contributed by atoms with E-state index in [1.807, 2.05) is 23.8 Å². The third-order valence-electron chi connectivity index (χ3n) is 2.55. The number of benzene rings is 1. The highest BCUT2D eigenvalue weighted by molar-refractivity contribution is 9.11. The minimum Gasteiger partial charge on any atom is -0.207 e. The predicted octanol–water partition coefficient (Wildman–Crippen LogP) is 4.06. The molecule has 0 spiro atoms. The van der Waals surface area contributed by atoms with Gasteiger partial charge in [0.05, 0.1) is 4.90 Å². The number of sulfonamides is 1. The maximum absolute atomic E-state index is 12.3. The Morgan fingerprint density at radius 3 is 2.63 bits per heavy atom. The van der Waals surface area contributed by atoms with Crippen LogP contribution in [0, 0.1) is 6.92 Å². The summed E-state index contributed by atoms with van der Waals surface area (Å²) in [4.78, 5) is 0.236. The second-order valence-electron chi connectivity index (χ2n) is 3.99. The first kappa shape index (κ1) is 15.2. The van der Waals surface area contributed by atoms with Gasteiger partial charge in [0.1, 0.15) is 0 Å². The van der Waals surface area contributed by atoms with E-state index in [-0.39, 0.29) is 4.90 Å². The molecule has 0 radical (unpaired) electrons. The van der Waals surface area contributed by atoms with Crippen LogP contribution in [0.3, 0.4) is 0 Å². The molecule has 0 aliphatic rings. The first-order valence-electron chi connectivity index (χ1n) is 5.36. The summed E-state index contributed by atoms with van der Waals surface area (Å²) in [6.45, 7) is 2.20. The fourth-order valence-corrected chi connectivity index (χ4v) is 4.84. The molecular formula is C12H11Br2NO2S2. The second-order valence-corrected chi connectivity index (χ2v) is 8.21. The number of hydrogen-bond donors (Lipinski definition) is 1. The summed E-state index contributed by atoms with van der Waals surface area (Å²) in [7, 11) is -3.53. The van der Waals surface area contributed by atoms with E-state index >= 15 is 0 Å². The zero-order valence-electron chi connectivity index (χ0n) is 9.98. The van der Waals surface area contributed by atoms with Gasteiger partial charge in [-0.05, 0) is 62.9 Å². The van der Waals surface area contributed by atoms with Gasteiger partial charge in [-0.3, -0.25) is 0 Å². The van der Waals surface area contributed by atoms with Crippen molar-refractivity contribution in [3.8, 4) is 0 Å². The summed E-state index contributed by atoms with van der Waals surface area (Å²) >= 11 is 8.19. The third kappa shape index (κ3) is 3.66. The Kier molecular flexibility index (Phi) is 4.84. The summed E-state index contributed by atoms with van der Waals surface area (Å²) in [6.07, 6.45) is 0. The van der Waals surface area contributed by atoms with Crippen molar-refractivity contribution in [3.63, 3.8) is 0 Å². The van der Waals surface area contributed by atoms with Gasteiger partial charge in [-0.25, -0.2) is 13.1 Å². The molecule has 0 saturated carbocycles. The summed E-state index contributed by atoms with van der Waals surface area (Å²) < 4.78 is 28.4. The zero-order valence-corrected chi connectivity index (χ0v) is 14.8. The van der Waals surface area contributed by atoms with Crippen molar-refractivity contribution in [1.82, 2.24) is 4.72 Å².